The van der Waals surface area contributed by atoms with Crippen molar-refractivity contribution >= 4 is 61.1 Å². The molecule has 6 rings (SSSR count). The largest absolute Gasteiger partial charge is 0.397 e. The SMILES string of the molecule is N#Cc1c(NC(=O)c2sc3nc(-c4ccccc4)cc(-c4ccc(Cl)cc4)c3c2N)sc2c1CCCC2. The van der Waals surface area contributed by atoms with E-state index in [-0.39, 0.29) is 5.91 Å². The third-order valence-electron chi connectivity index (χ3n) is 6.64. The van der Waals surface area contributed by atoms with Gasteiger partial charge < -0.3 is 11.1 Å². The molecule has 0 fully saturated rings. The average molecular weight is 541 g/mol. The average Bonchev–Trinajstić information content (AvgIpc) is 3.45. The number of halogens is 1. The minimum Gasteiger partial charge on any atom is -0.397 e. The van der Waals surface area contributed by atoms with Gasteiger partial charge in [0.2, 0.25) is 0 Å². The molecule has 0 atom stereocenters. The zero-order chi connectivity index (χ0) is 25.5. The topological polar surface area (TPSA) is 91.8 Å². The second kappa shape index (κ2) is 9.64. The summed E-state index contributed by atoms with van der Waals surface area (Å²) in [5.41, 5.74) is 12.3. The van der Waals surface area contributed by atoms with Crippen LogP contribution < -0.4 is 11.1 Å². The summed E-state index contributed by atoms with van der Waals surface area (Å²) in [4.78, 5) is 20.7. The van der Waals surface area contributed by atoms with Gasteiger partial charge in [-0.2, -0.15) is 5.26 Å². The van der Waals surface area contributed by atoms with Gasteiger partial charge in [-0.05, 0) is 60.6 Å². The van der Waals surface area contributed by atoms with Crippen LogP contribution in [0.2, 0.25) is 5.02 Å². The lowest BCUT2D eigenvalue weighted by atomic mass is 9.96. The molecule has 3 aromatic heterocycles. The molecule has 5 nitrogen and oxygen atoms in total. The highest BCUT2D eigenvalue weighted by Gasteiger charge is 2.25. The van der Waals surface area contributed by atoms with Crippen molar-refractivity contribution in [2.75, 3.05) is 11.1 Å². The highest BCUT2D eigenvalue weighted by molar-refractivity contribution is 7.21. The number of aromatic nitrogens is 1. The minimum atomic E-state index is -0.320. The van der Waals surface area contributed by atoms with E-state index >= 15 is 0 Å². The maximum Gasteiger partial charge on any atom is 0.268 e. The number of rotatable bonds is 4. The van der Waals surface area contributed by atoms with E-state index in [2.05, 4.69) is 11.4 Å². The van der Waals surface area contributed by atoms with Crippen molar-refractivity contribution in [1.29, 1.82) is 5.26 Å². The molecular weight excluding hydrogens is 520 g/mol. The van der Waals surface area contributed by atoms with Crippen LogP contribution >= 0.6 is 34.3 Å². The summed E-state index contributed by atoms with van der Waals surface area (Å²) in [6.45, 7) is 0. The first-order valence-corrected chi connectivity index (χ1v) is 13.9. The number of nitriles is 1. The van der Waals surface area contributed by atoms with E-state index in [1.807, 2.05) is 60.7 Å². The van der Waals surface area contributed by atoms with Crippen LogP contribution in [0.4, 0.5) is 10.7 Å². The van der Waals surface area contributed by atoms with Gasteiger partial charge in [0, 0.05) is 20.8 Å². The number of pyridine rings is 1. The monoisotopic (exact) mass is 540 g/mol. The number of nitrogens with zero attached hydrogens (tertiary/aromatic N) is 2. The maximum absolute atomic E-state index is 13.5. The molecule has 37 heavy (non-hydrogen) atoms. The summed E-state index contributed by atoms with van der Waals surface area (Å²) in [5, 5.41) is 14.8. The number of amides is 1. The predicted octanol–water partition coefficient (Wildman–Crippen LogP) is 7.93. The number of aryl methyl sites for hydroxylation is 1. The Labute approximate surface area is 227 Å². The van der Waals surface area contributed by atoms with Gasteiger partial charge in [-0.15, -0.1) is 22.7 Å². The van der Waals surface area contributed by atoms with Crippen molar-refractivity contribution in [2.24, 2.45) is 0 Å². The van der Waals surface area contributed by atoms with Gasteiger partial charge in [0.1, 0.15) is 20.8 Å². The van der Waals surface area contributed by atoms with E-state index in [0.717, 1.165) is 59.0 Å². The number of hydrogen-bond acceptors (Lipinski definition) is 6. The number of anilines is 2. The van der Waals surface area contributed by atoms with Crippen LogP contribution in [0.25, 0.3) is 32.6 Å². The number of benzene rings is 2. The number of hydrogen-bond donors (Lipinski definition) is 2. The molecule has 2 aromatic carbocycles. The fraction of sp³-hybridized carbons (Fsp3) is 0.138. The molecule has 5 aromatic rings. The van der Waals surface area contributed by atoms with Crippen LogP contribution in [0.5, 0.6) is 0 Å². The molecule has 1 aliphatic carbocycles. The van der Waals surface area contributed by atoms with Gasteiger partial charge in [-0.3, -0.25) is 4.79 Å². The highest BCUT2D eigenvalue weighted by atomic mass is 35.5. The molecule has 1 aliphatic rings. The summed E-state index contributed by atoms with van der Waals surface area (Å²) in [7, 11) is 0. The zero-order valence-electron chi connectivity index (χ0n) is 19.7. The van der Waals surface area contributed by atoms with Crippen molar-refractivity contribution in [2.45, 2.75) is 25.7 Å². The van der Waals surface area contributed by atoms with Gasteiger partial charge in [-0.25, -0.2) is 4.98 Å². The van der Waals surface area contributed by atoms with E-state index in [1.165, 1.54) is 27.6 Å². The first-order valence-electron chi connectivity index (χ1n) is 11.9. The molecule has 1 amide bonds. The van der Waals surface area contributed by atoms with E-state index in [1.54, 1.807) is 0 Å². The fourth-order valence-corrected chi connectivity index (χ4v) is 7.21. The van der Waals surface area contributed by atoms with Gasteiger partial charge in [-0.1, -0.05) is 54.1 Å². The van der Waals surface area contributed by atoms with Crippen molar-refractivity contribution in [3.63, 3.8) is 0 Å². The summed E-state index contributed by atoms with van der Waals surface area (Å²) < 4.78 is 0. The number of nitrogens with one attached hydrogen (secondary N) is 1. The van der Waals surface area contributed by atoms with Crippen LogP contribution in [0.1, 0.15) is 38.5 Å². The van der Waals surface area contributed by atoms with Gasteiger partial charge in [0.15, 0.2) is 0 Å². The van der Waals surface area contributed by atoms with Crippen LogP contribution in [-0.2, 0) is 12.8 Å². The van der Waals surface area contributed by atoms with E-state index in [9.17, 15) is 10.1 Å². The number of nitrogen functional groups attached to an aromatic ring is 1. The molecule has 8 heteroatoms. The molecule has 0 spiro atoms. The number of carbonyl (C=O) groups is 1. The fourth-order valence-electron chi connectivity index (χ4n) is 4.84. The molecule has 182 valence electrons. The van der Waals surface area contributed by atoms with Gasteiger partial charge >= 0.3 is 0 Å². The Hall–Kier alpha value is -3.70. The van der Waals surface area contributed by atoms with Crippen LogP contribution in [0.15, 0.2) is 60.7 Å². The second-order valence-corrected chi connectivity index (χ2v) is 11.5. The smallest absolute Gasteiger partial charge is 0.268 e. The maximum atomic E-state index is 13.5. The molecule has 0 saturated carbocycles. The second-order valence-electron chi connectivity index (χ2n) is 8.93. The lowest BCUT2D eigenvalue weighted by Crippen LogP contribution is -2.12. The minimum absolute atomic E-state index is 0.320. The number of thiophene rings is 2. The van der Waals surface area contributed by atoms with Gasteiger partial charge in [0.25, 0.3) is 5.91 Å². The molecule has 0 aliphatic heterocycles. The van der Waals surface area contributed by atoms with Crippen LogP contribution in [0, 0.1) is 11.3 Å². The van der Waals surface area contributed by atoms with E-state index in [4.69, 9.17) is 22.3 Å². The predicted molar refractivity (Wildman–Crippen MR) is 154 cm³/mol. The quantitative estimate of drug-likeness (QED) is 0.242. The number of carbonyl (C=O) groups excluding carboxylic acids is 1. The number of nitrogens with two attached hydrogens (primary N) is 1. The third kappa shape index (κ3) is 4.27. The van der Waals surface area contributed by atoms with Crippen molar-refractivity contribution in [1.82, 2.24) is 4.98 Å². The first kappa shape index (κ1) is 23.7. The standard InChI is InChI=1S/C29H21ClN4OS2/c30-18-12-10-16(11-13-18)20-14-22(17-6-2-1-3-7-17)33-29-24(20)25(32)26(37-29)27(35)34-28-21(15-31)19-8-4-5-9-23(19)36-28/h1-3,6-7,10-14H,4-5,8-9,32H2,(H,34,35). The molecule has 3 heterocycles. The van der Waals surface area contributed by atoms with Gasteiger partial charge in [0.05, 0.1) is 16.9 Å². The van der Waals surface area contributed by atoms with Crippen molar-refractivity contribution in [3.8, 4) is 28.5 Å². The Morgan fingerprint density at radius 2 is 1.78 bits per heavy atom. The van der Waals surface area contributed by atoms with Crippen LogP contribution in [-0.4, -0.2) is 10.9 Å². The number of fused-ring (bicyclic) bond motifs is 2. The summed E-state index contributed by atoms with van der Waals surface area (Å²) in [6.07, 6.45) is 4.01. The molecule has 0 radical (unpaired) electrons. The Kier molecular flexibility index (Phi) is 6.17. The van der Waals surface area contributed by atoms with Crippen molar-refractivity contribution < 1.29 is 4.79 Å². The van der Waals surface area contributed by atoms with Crippen LogP contribution in [0.3, 0.4) is 0 Å². The summed E-state index contributed by atoms with van der Waals surface area (Å²) >= 11 is 8.92. The van der Waals surface area contributed by atoms with Crippen molar-refractivity contribution in [3.05, 3.63) is 86.6 Å². The normalized spacial score (nSPS) is 12.8. The lowest BCUT2D eigenvalue weighted by Gasteiger charge is -2.09. The summed E-state index contributed by atoms with van der Waals surface area (Å²) in [5.74, 6) is -0.320. The molecule has 3 N–H and O–H groups in total. The Morgan fingerprint density at radius 3 is 2.54 bits per heavy atom. The molecule has 0 unspecified atom stereocenters. The Balaban J connectivity index is 1.47. The Bertz CT molecular complexity index is 1700. The first-order chi connectivity index (χ1) is 18.0. The Morgan fingerprint density at radius 1 is 1.03 bits per heavy atom. The van der Waals surface area contributed by atoms with E-state index in [0.29, 0.717) is 31.0 Å². The summed E-state index contributed by atoms with van der Waals surface area (Å²) in [6, 6.07) is 21.8. The zero-order valence-corrected chi connectivity index (χ0v) is 22.1. The molecule has 0 bridgehead atoms. The third-order valence-corrected chi connectivity index (χ3v) is 9.20. The molecule has 0 saturated heterocycles. The highest BCUT2D eigenvalue weighted by Crippen LogP contribution is 2.43. The van der Waals surface area contributed by atoms with E-state index < -0.39 is 0 Å². The molecular formula is C29H21ClN4OS2. The lowest BCUT2D eigenvalue weighted by molar-refractivity contribution is 0.103.